The number of rotatable bonds is 5. The number of hydrogen-bond donors (Lipinski definition) is 0. The maximum atomic E-state index is 11.8. The summed E-state index contributed by atoms with van der Waals surface area (Å²) in [5.74, 6) is -1.90. The summed E-state index contributed by atoms with van der Waals surface area (Å²) in [6.45, 7) is 3.47. The monoisotopic (exact) mass is 437 g/mol. The van der Waals surface area contributed by atoms with Crippen molar-refractivity contribution in [1.29, 1.82) is 0 Å². The molecule has 0 unspecified atom stereocenters. The van der Waals surface area contributed by atoms with Gasteiger partial charge in [-0.05, 0) is 18.2 Å². The molecule has 1 aliphatic heterocycles. The van der Waals surface area contributed by atoms with Gasteiger partial charge in [-0.2, -0.15) is 0 Å². The quantitative estimate of drug-likeness (QED) is 0.398. The summed E-state index contributed by atoms with van der Waals surface area (Å²) in [5, 5.41) is 1.02. The fourth-order valence-corrected chi connectivity index (χ4v) is 3.69. The van der Waals surface area contributed by atoms with E-state index in [0.717, 1.165) is 0 Å². The molecule has 3 rings (SSSR count). The van der Waals surface area contributed by atoms with E-state index >= 15 is 0 Å². The summed E-state index contributed by atoms with van der Waals surface area (Å²) >= 11 is 6.06. The van der Waals surface area contributed by atoms with Crippen LogP contribution in [0.2, 0.25) is 5.02 Å². The van der Waals surface area contributed by atoms with Gasteiger partial charge in [0.2, 0.25) is 0 Å². The van der Waals surface area contributed by atoms with Crippen LogP contribution >= 0.6 is 11.6 Å². The Morgan fingerprint density at radius 2 is 1.70 bits per heavy atom. The first-order valence-corrected chi connectivity index (χ1v) is 9.47. The molecule has 0 amide bonds. The third-order valence-electron chi connectivity index (χ3n) is 4.55. The molecule has 30 heavy (non-hydrogen) atoms. The fourth-order valence-electron chi connectivity index (χ4n) is 3.52. The van der Waals surface area contributed by atoms with E-state index in [-0.39, 0.29) is 6.61 Å². The van der Waals surface area contributed by atoms with Crippen LogP contribution in [0.3, 0.4) is 0 Å². The van der Waals surface area contributed by atoms with Crippen molar-refractivity contribution in [3.05, 3.63) is 35.0 Å². The smallest absolute Gasteiger partial charge is 0.303 e. The van der Waals surface area contributed by atoms with Crippen molar-refractivity contribution in [3.8, 4) is 0 Å². The Balaban J connectivity index is 2.10. The molecular formula is C20H20ClNO8. The number of carbonyl (C=O) groups excluding carboxylic acids is 4. The number of fused-ring (bicyclic) bond motifs is 1. The zero-order valence-corrected chi connectivity index (χ0v) is 17.3. The molecule has 0 spiro atoms. The predicted octanol–water partition coefficient (Wildman–Crippen LogP) is 2.43. The number of halogens is 1. The van der Waals surface area contributed by atoms with Crippen LogP contribution in [0, 0.1) is 0 Å². The summed E-state index contributed by atoms with van der Waals surface area (Å²) in [5.41, 5.74) is 0.944. The summed E-state index contributed by atoms with van der Waals surface area (Å²) < 4.78 is 23.5. The van der Waals surface area contributed by atoms with Crippen molar-refractivity contribution in [2.75, 3.05) is 6.61 Å². The molecule has 0 bridgehead atoms. The van der Waals surface area contributed by atoms with Crippen LogP contribution in [-0.4, -0.2) is 53.7 Å². The molecule has 0 aliphatic carbocycles. The minimum Gasteiger partial charge on any atom is -0.456 e. The average molecular weight is 438 g/mol. The lowest BCUT2D eigenvalue weighted by Gasteiger charge is -2.41. The zero-order valence-electron chi connectivity index (χ0n) is 16.5. The molecule has 1 saturated heterocycles. The molecule has 9 nitrogen and oxygen atoms in total. The molecular weight excluding hydrogens is 418 g/mol. The Bertz CT molecular complexity index is 1000. The van der Waals surface area contributed by atoms with Crippen LogP contribution in [0.5, 0.6) is 0 Å². The van der Waals surface area contributed by atoms with E-state index in [1.54, 1.807) is 22.8 Å². The maximum absolute atomic E-state index is 11.8. The number of nitrogens with zero attached hydrogens (tertiary/aromatic N) is 1. The van der Waals surface area contributed by atoms with Crippen LogP contribution in [0.25, 0.3) is 10.9 Å². The van der Waals surface area contributed by atoms with Crippen molar-refractivity contribution < 1.29 is 38.1 Å². The first kappa shape index (κ1) is 21.8. The minimum atomic E-state index is -1.14. The maximum Gasteiger partial charge on any atom is 0.303 e. The molecule has 0 N–H and O–H groups in total. The van der Waals surface area contributed by atoms with Gasteiger partial charge in [0.25, 0.3) is 0 Å². The van der Waals surface area contributed by atoms with Crippen LogP contribution in [0.1, 0.15) is 37.4 Å². The second kappa shape index (κ2) is 8.85. The number of aromatic nitrogens is 1. The molecule has 2 heterocycles. The van der Waals surface area contributed by atoms with Crippen molar-refractivity contribution in [2.24, 2.45) is 0 Å². The molecule has 1 aromatic carbocycles. The fraction of sp³-hybridized carbons (Fsp3) is 0.400. The van der Waals surface area contributed by atoms with Crippen LogP contribution < -0.4 is 0 Å². The average Bonchev–Trinajstić information content (AvgIpc) is 3.01. The molecule has 1 aliphatic rings. The van der Waals surface area contributed by atoms with E-state index in [9.17, 15) is 19.2 Å². The molecule has 2 aromatic rings. The molecule has 160 valence electrons. The Morgan fingerprint density at radius 3 is 2.30 bits per heavy atom. The SMILES string of the molecule is CC(=O)O[C@@H]1[C@@H](OC(C)=O)[C@H](OC(C)=O)CO[C@H]1n1cc(C=O)c2cc(Cl)ccc21. The van der Waals surface area contributed by atoms with Gasteiger partial charge in [0.05, 0.1) is 12.1 Å². The van der Waals surface area contributed by atoms with E-state index in [2.05, 4.69) is 0 Å². The van der Waals surface area contributed by atoms with Crippen LogP contribution in [-0.2, 0) is 33.3 Å². The van der Waals surface area contributed by atoms with Gasteiger partial charge in [-0.1, -0.05) is 11.6 Å². The molecule has 1 aromatic heterocycles. The third-order valence-corrected chi connectivity index (χ3v) is 4.79. The topological polar surface area (TPSA) is 110 Å². The van der Waals surface area contributed by atoms with Gasteiger partial charge in [0.1, 0.15) is 0 Å². The third kappa shape index (κ3) is 4.47. The van der Waals surface area contributed by atoms with Gasteiger partial charge in [0.15, 0.2) is 30.8 Å². The number of esters is 3. The van der Waals surface area contributed by atoms with Gasteiger partial charge in [-0.15, -0.1) is 0 Å². The Hall–Kier alpha value is -2.91. The number of aldehydes is 1. The second-order valence-electron chi connectivity index (χ2n) is 6.79. The number of benzene rings is 1. The predicted molar refractivity (Wildman–Crippen MR) is 104 cm³/mol. The van der Waals surface area contributed by atoms with Gasteiger partial charge < -0.3 is 23.5 Å². The molecule has 4 atom stereocenters. The number of hydrogen-bond acceptors (Lipinski definition) is 8. The van der Waals surface area contributed by atoms with Crippen molar-refractivity contribution >= 4 is 46.7 Å². The van der Waals surface area contributed by atoms with Crippen molar-refractivity contribution in [2.45, 2.75) is 45.3 Å². The highest BCUT2D eigenvalue weighted by Crippen LogP contribution is 2.35. The molecule has 0 radical (unpaired) electrons. The Labute approximate surface area is 176 Å². The van der Waals surface area contributed by atoms with Gasteiger partial charge >= 0.3 is 17.9 Å². The van der Waals surface area contributed by atoms with Gasteiger partial charge in [0, 0.05) is 42.9 Å². The Morgan fingerprint density at radius 1 is 1.07 bits per heavy atom. The first-order valence-electron chi connectivity index (χ1n) is 9.09. The molecule has 10 heteroatoms. The van der Waals surface area contributed by atoms with Crippen LogP contribution in [0.4, 0.5) is 0 Å². The Kier molecular flexibility index (Phi) is 6.42. The van der Waals surface area contributed by atoms with E-state index in [1.165, 1.54) is 27.0 Å². The zero-order chi connectivity index (χ0) is 22.0. The highest BCUT2D eigenvalue weighted by molar-refractivity contribution is 6.31. The normalized spacial score (nSPS) is 23.6. The largest absolute Gasteiger partial charge is 0.456 e. The van der Waals surface area contributed by atoms with Gasteiger partial charge in [-0.3, -0.25) is 19.2 Å². The lowest BCUT2D eigenvalue weighted by molar-refractivity contribution is -0.239. The summed E-state index contributed by atoms with van der Waals surface area (Å²) in [6.07, 6.45) is -1.99. The number of carbonyl (C=O) groups is 4. The first-order chi connectivity index (χ1) is 14.2. The second-order valence-corrected chi connectivity index (χ2v) is 7.23. The summed E-state index contributed by atoms with van der Waals surface area (Å²) in [4.78, 5) is 46.6. The highest BCUT2D eigenvalue weighted by atomic mass is 35.5. The van der Waals surface area contributed by atoms with E-state index in [1.807, 2.05) is 0 Å². The number of ether oxygens (including phenoxy) is 4. The molecule has 0 saturated carbocycles. The lowest BCUT2D eigenvalue weighted by Crippen LogP contribution is -2.55. The lowest BCUT2D eigenvalue weighted by atomic mass is 10.0. The highest BCUT2D eigenvalue weighted by Gasteiger charge is 2.48. The van der Waals surface area contributed by atoms with Gasteiger partial charge in [-0.25, -0.2) is 0 Å². The standard InChI is InChI=1S/C20H20ClNO8/c1-10(24)28-17-9-27-20(19(30-12(3)26)18(17)29-11(2)25)22-7-13(8-23)15-6-14(21)4-5-16(15)22/h4-8,17-20H,9H2,1-3H3/t17-,18+,19-,20-/m1/s1. The van der Waals surface area contributed by atoms with E-state index in [0.29, 0.717) is 27.8 Å². The van der Waals surface area contributed by atoms with E-state index in [4.69, 9.17) is 30.5 Å². The molecule has 1 fully saturated rings. The van der Waals surface area contributed by atoms with Crippen molar-refractivity contribution in [3.63, 3.8) is 0 Å². The van der Waals surface area contributed by atoms with Crippen LogP contribution in [0.15, 0.2) is 24.4 Å². The summed E-state index contributed by atoms with van der Waals surface area (Å²) in [7, 11) is 0. The van der Waals surface area contributed by atoms with Crippen molar-refractivity contribution in [1.82, 2.24) is 4.57 Å². The van der Waals surface area contributed by atoms with E-state index < -0.39 is 42.4 Å². The summed E-state index contributed by atoms with van der Waals surface area (Å²) in [6, 6.07) is 4.97. The minimum absolute atomic E-state index is 0.121.